The van der Waals surface area contributed by atoms with Crippen molar-refractivity contribution in [2.24, 2.45) is 0 Å². The molecule has 0 aliphatic carbocycles. The third-order valence-electron chi connectivity index (χ3n) is 3.31. The van der Waals surface area contributed by atoms with Gasteiger partial charge in [0.05, 0.1) is 15.7 Å². The number of fused-ring (bicyclic) bond motifs is 1. The second kappa shape index (κ2) is 6.97. The predicted octanol–water partition coefficient (Wildman–Crippen LogP) is 4.78. The molecule has 1 aliphatic heterocycles. The Balaban J connectivity index is 1.72. The molecule has 5 nitrogen and oxygen atoms in total. The monoisotopic (exact) mass is 387 g/mol. The average molecular weight is 389 g/mol. The molecule has 24 heavy (non-hydrogen) atoms. The largest absolute Gasteiger partial charge is 0.479 e. The molecule has 8 heteroatoms. The Bertz CT molecular complexity index is 797. The van der Waals surface area contributed by atoms with Gasteiger partial charge in [0.2, 0.25) is 6.79 Å². The summed E-state index contributed by atoms with van der Waals surface area (Å²) in [6.45, 7) is 1.71. The second-order valence-electron chi connectivity index (χ2n) is 4.99. The van der Waals surface area contributed by atoms with Crippen LogP contribution in [0.25, 0.3) is 0 Å². The highest BCUT2D eigenvalue weighted by atomic mass is 35.5. The van der Waals surface area contributed by atoms with Gasteiger partial charge >= 0.3 is 0 Å². The van der Waals surface area contributed by atoms with Crippen molar-refractivity contribution in [2.45, 2.75) is 13.0 Å². The van der Waals surface area contributed by atoms with Gasteiger partial charge in [-0.1, -0.05) is 40.9 Å². The third kappa shape index (κ3) is 3.48. The van der Waals surface area contributed by atoms with Crippen molar-refractivity contribution in [1.82, 2.24) is 0 Å². The maximum absolute atomic E-state index is 12.3. The fourth-order valence-electron chi connectivity index (χ4n) is 2.07. The van der Waals surface area contributed by atoms with Gasteiger partial charge < -0.3 is 19.5 Å². The van der Waals surface area contributed by atoms with Gasteiger partial charge in [-0.15, -0.1) is 0 Å². The summed E-state index contributed by atoms with van der Waals surface area (Å²) in [5.41, 5.74) is 0.401. The van der Waals surface area contributed by atoms with E-state index in [9.17, 15) is 4.79 Å². The molecule has 126 valence electrons. The van der Waals surface area contributed by atoms with Crippen LogP contribution in [0.3, 0.4) is 0 Å². The van der Waals surface area contributed by atoms with E-state index in [0.717, 1.165) is 0 Å². The van der Waals surface area contributed by atoms with Crippen LogP contribution in [0.1, 0.15) is 6.92 Å². The number of hydrogen-bond donors (Lipinski definition) is 1. The van der Waals surface area contributed by atoms with Crippen LogP contribution in [0.4, 0.5) is 5.69 Å². The molecule has 3 rings (SSSR count). The summed E-state index contributed by atoms with van der Waals surface area (Å²) in [6, 6.07) is 8.13. The van der Waals surface area contributed by atoms with Crippen molar-refractivity contribution < 1.29 is 19.0 Å². The third-order valence-corrected chi connectivity index (χ3v) is 4.42. The summed E-state index contributed by atoms with van der Waals surface area (Å²) < 4.78 is 16.0. The summed E-state index contributed by atoms with van der Waals surface area (Å²) in [5.74, 6) is 0.976. The van der Waals surface area contributed by atoms with E-state index in [0.29, 0.717) is 33.0 Å². The van der Waals surface area contributed by atoms with Crippen molar-refractivity contribution in [1.29, 1.82) is 0 Å². The molecule has 1 amide bonds. The van der Waals surface area contributed by atoms with Gasteiger partial charge in [0.1, 0.15) is 10.8 Å². The molecular weight excluding hydrogens is 377 g/mol. The summed E-state index contributed by atoms with van der Waals surface area (Å²) in [7, 11) is 0. The van der Waals surface area contributed by atoms with E-state index in [1.54, 1.807) is 37.3 Å². The Morgan fingerprint density at radius 1 is 1.17 bits per heavy atom. The molecule has 0 spiro atoms. The van der Waals surface area contributed by atoms with Crippen LogP contribution >= 0.6 is 34.8 Å². The molecule has 0 fully saturated rings. The first-order chi connectivity index (χ1) is 11.5. The van der Waals surface area contributed by atoms with Gasteiger partial charge in [-0.3, -0.25) is 4.79 Å². The normalized spacial score (nSPS) is 13.5. The van der Waals surface area contributed by atoms with Crippen LogP contribution in [0.5, 0.6) is 17.2 Å². The molecule has 0 saturated carbocycles. The van der Waals surface area contributed by atoms with E-state index >= 15 is 0 Å². The van der Waals surface area contributed by atoms with E-state index in [1.807, 2.05) is 0 Å². The number of carbonyl (C=O) groups is 1. The van der Waals surface area contributed by atoms with Gasteiger partial charge in [0.25, 0.3) is 5.91 Å². The van der Waals surface area contributed by atoms with Crippen molar-refractivity contribution in [3.8, 4) is 17.2 Å². The van der Waals surface area contributed by atoms with Gasteiger partial charge in [-0.25, -0.2) is 0 Å². The maximum atomic E-state index is 12.3. The molecule has 0 bridgehead atoms. The van der Waals surface area contributed by atoms with Crippen molar-refractivity contribution in [3.63, 3.8) is 0 Å². The zero-order valence-electron chi connectivity index (χ0n) is 12.4. The molecule has 1 heterocycles. The Morgan fingerprint density at radius 3 is 2.62 bits per heavy atom. The lowest BCUT2D eigenvalue weighted by Gasteiger charge is -2.16. The lowest BCUT2D eigenvalue weighted by molar-refractivity contribution is -0.122. The van der Waals surface area contributed by atoms with Gasteiger partial charge in [0, 0.05) is 12.1 Å². The lowest BCUT2D eigenvalue weighted by Crippen LogP contribution is -2.30. The zero-order valence-corrected chi connectivity index (χ0v) is 14.7. The number of anilines is 1. The number of nitrogens with one attached hydrogen (secondary N) is 1. The Kier molecular flexibility index (Phi) is 4.94. The SMILES string of the molecule is CC(Oc1cccc(Cl)c1Cl)C(=O)Nc1cc2c(cc1Cl)OCO2. The highest BCUT2D eigenvalue weighted by molar-refractivity contribution is 6.42. The van der Waals surface area contributed by atoms with E-state index < -0.39 is 12.0 Å². The predicted molar refractivity (Wildman–Crippen MR) is 92.8 cm³/mol. The fourth-order valence-corrected chi connectivity index (χ4v) is 2.60. The first-order valence-corrected chi connectivity index (χ1v) is 8.10. The zero-order chi connectivity index (χ0) is 17.3. The number of rotatable bonds is 4. The molecule has 1 atom stereocenters. The minimum Gasteiger partial charge on any atom is -0.479 e. The minimum atomic E-state index is -0.817. The first-order valence-electron chi connectivity index (χ1n) is 6.96. The van der Waals surface area contributed by atoms with Crippen molar-refractivity contribution >= 4 is 46.4 Å². The van der Waals surface area contributed by atoms with Crippen LogP contribution in [-0.4, -0.2) is 18.8 Å². The number of amides is 1. The van der Waals surface area contributed by atoms with Crippen LogP contribution in [0.15, 0.2) is 30.3 Å². The number of carbonyl (C=O) groups excluding carboxylic acids is 1. The molecule has 0 aromatic heterocycles. The summed E-state index contributed by atoms with van der Waals surface area (Å²) in [4.78, 5) is 12.3. The van der Waals surface area contributed by atoms with Crippen LogP contribution in [0, 0.1) is 0 Å². The smallest absolute Gasteiger partial charge is 0.265 e. The van der Waals surface area contributed by atoms with E-state index in [-0.39, 0.29) is 11.8 Å². The Labute approximate surface area is 153 Å². The standard InChI is InChI=1S/C16H12Cl3NO4/c1-8(24-12-4-2-3-9(17)15(12)19)16(21)20-11-6-14-13(5-10(11)18)22-7-23-14/h2-6,8H,7H2,1H3,(H,20,21). The van der Waals surface area contributed by atoms with E-state index in [2.05, 4.69) is 5.32 Å². The molecule has 1 aliphatic rings. The molecular formula is C16H12Cl3NO4. The minimum absolute atomic E-state index is 0.121. The number of benzene rings is 2. The number of halogens is 3. The van der Waals surface area contributed by atoms with Crippen molar-refractivity contribution in [3.05, 3.63) is 45.4 Å². The topological polar surface area (TPSA) is 56.8 Å². The number of ether oxygens (including phenoxy) is 3. The van der Waals surface area contributed by atoms with Gasteiger partial charge in [0.15, 0.2) is 17.6 Å². The van der Waals surface area contributed by atoms with Crippen LogP contribution in [-0.2, 0) is 4.79 Å². The summed E-state index contributed by atoms with van der Waals surface area (Å²) in [6.07, 6.45) is -0.817. The van der Waals surface area contributed by atoms with Gasteiger partial charge in [-0.05, 0) is 19.1 Å². The molecule has 0 radical (unpaired) electrons. The quantitative estimate of drug-likeness (QED) is 0.819. The Hall–Kier alpha value is -1.82. The average Bonchev–Trinajstić information content (AvgIpc) is 2.99. The molecule has 2 aromatic rings. The van der Waals surface area contributed by atoms with E-state index in [1.165, 1.54) is 0 Å². The maximum Gasteiger partial charge on any atom is 0.265 e. The summed E-state index contributed by atoms with van der Waals surface area (Å²) >= 11 is 18.1. The van der Waals surface area contributed by atoms with Crippen LogP contribution in [0.2, 0.25) is 15.1 Å². The lowest BCUT2D eigenvalue weighted by atomic mass is 10.2. The second-order valence-corrected chi connectivity index (χ2v) is 6.18. The van der Waals surface area contributed by atoms with Crippen LogP contribution < -0.4 is 19.5 Å². The van der Waals surface area contributed by atoms with Gasteiger partial charge in [-0.2, -0.15) is 0 Å². The van der Waals surface area contributed by atoms with E-state index in [4.69, 9.17) is 49.0 Å². The highest BCUT2D eigenvalue weighted by Crippen LogP contribution is 2.39. The Morgan fingerprint density at radius 2 is 1.88 bits per heavy atom. The number of hydrogen-bond acceptors (Lipinski definition) is 4. The molecule has 1 N–H and O–H groups in total. The van der Waals surface area contributed by atoms with Crippen molar-refractivity contribution in [2.75, 3.05) is 12.1 Å². The molecule has 2 aromatic carbocycles. The fraction of sp³-hybridized carbons (Fsp3) is 0.188. The highest BCUT2D eigenvalue weighted by Gasteiger charge is 2.21. The first kappa shape index (κ1) is 17.0. The summed E-state index contributed by atoms with van der Waals surface area (Å²) in [5, 5.41) is 3.62. The molecule has 0 saturated heterocycles. The molecule has 1 unspecified atom stereocenters.